The summed E-state index contributed by atoms with van der Waals surface area (Å²) in [4.78, 5) is 6.03. The Morgan fingerprint density at radius 1 is 1.17 bits per heavy atom. The van der Waals surface area contributed by atoms with E-state index >= 15 is 0 Å². The third-order valence-corrected chi connectivity index (χ3v) is 5.40. The van der Waals surface area contributed by atoms with Crippen LogP contribution in [0.1, 0.15) is 24.0 Å². The molecule has 0 aliphatic heterocycles. The summed E-state index contributed by atoms with van der Waals surface area (Å²) >= 11 is 5.98. The van der Waals surface area contributed by atoms with Crippen LogP contribution in [0.4, 0.5) is 8.78 Å². The Morgan fingerprint density at radius 3 is 2.55 bits per heavy atom. The summed E-state index contributed by atoms with van der Waals surface area (Å²) in [5.74, 6) is -1.47. The first-order valence-electron chi connectivity index (χ1n) is 9.42. The molecular formula is C21H21ClF2N4O. The van der Waals surface area contributed by atoms with Gasteiger partial charge in [-0.25, -0.2) is 18.4 Å². The van der Waals surface area contributed by atoms with Gasteiger partial charge in [-0.05, 0) is 36.6 Å². The molecule has 0 radical (unpaired) electrons. The molecule has 1 aliphatic rings. The SMILES string of the molecule is OC(CN(Cc1ccc(Cl)cc1)C1CC1)(Cn1cncn1)c1ccc(F)cc1F. The summed E-state index contributed by atoms with van der Waals surface area (Å²) in [5.41, 5.74) is -0.527. The van der Waals surface area contributed by atoms with Crippen molar-refractivity contribution in [1.82, 2.24) is 19.7 Å². The topological polar surface area (TPSA) is 54.2 Å². The fourth-order valence-electron chi connectivity index (χ4n) is 3.58. The van der Waals surface area contributed by atoms with Gasteiger partial charge in [-0.15, -0.1) is 0 Å². The summed E-state index contributed by atoms with van der Waals surface area (Å²) in [7, 11) is 0. The highest BCUT2D eigenvalue weighted by Crippen LogP contribution is 2.34. The number of nitrogens with zero attached hydrogens (tertiary/aromatic N) is 4. The zero-order chi connectivity index (χ0) is 20.4. The molecule has 2 aromatic carbocycles. The Bertz CT molecular complexity index is 963. The number of hydrogen-bond acceptors (Lipinski definition) is 4. The Balaban J connectivity index is 1.64. The number of rotatable bonds is 8. The summed E-state index contributed by atoms with van der Waals surface area (Å²) in [6.45, 7) is 0.756. The first-order valence-corrected chi connectivity index (χ1v) is 9.79. The van der Waals surface area contributed by atoms with Crippen molar-refractivity contribution in [1.29, 1.82) is 0 Å². The molecule has 1 saturated carbocycles. The minimum absolute atomic E-state index is 0.000605. The van der Waals surface area contributed by atoms with Crippen LogP contribution in [0.5, 0.6) is 0 Å². The molecule has 1 unspecified atom stereocenters. The first-order chi connectivity index (χ1) is 13.9. The lowest BCUT2D eigenvalue weighted by molar-refractivity contribution is -0.0259. The quantitative estimate of drug-likeness (QED) is 0.605. The molecule has 1 atom stereocenters. The largest absolute Gasteiger partial charge is 0.382 e. The summed E-state index contributed by atoms with van der Waals surface area (Å²) < 4.78 is 29.6. The van der Waals surface area contributed by atoms with E-state index in [1.54, 1.807) is 0 Å². The van der Waals surface area contributed by atoms with Gasteiger partial charge in [0.25, 0.3) is 0 Å². The number of aliphatic hydroxyl groups is 1. The zero-order valence-electron chi connectivity index (χ0n) is 15.7. The van der Waals surface area contributed by atoms with Crippen LogP contribution in [0.3, 0.4) is 0 Å². The average Bonchev–Trinajstić information content (AvgIpc) is 3.41. The lowest BCUT2D eigenvalue weighted by Gasteiger charge is -2.35. The molecule has 8 heteroatoms. The van der Waals surface area contributed by atoms with Crippen LogP contribution in [0.2, 0.25) is 5.02 Å². The molecule has 1 aliphatic carbocycles. The van der Waals surface area contributed by atoms with Crippen LogP contribution in [0.25, 0.3) is 0 Å². The second-order valence-corrected chi connectivity index (χ2v) is 7.95. The minimum Gasteiger partial charge on any atom is -0.382 e. The maximum atomic E-state index is 14.6. The summed E-state index contributed by atoms with van der Waals surface area (Å²) in [6, 6.07) is 11.1. The zero-order valence-corrected chi connectivity index (χ0v) is 16.4. The second-order valence-electron chi connectivity index (χ2n) is 7.51. The molecule has 29 heavy (non-hydrogen) atoms. The fraction of sp³-hybridized carbons (Fsp3) is 0.333. The maximum Gasteiger partial charge on any atom is 0.137 e. The molecule has 1 fully saturated rings. The van der Waals surface area contributed by atoms with Crippen LogP contribution < -0.4 is 0 Å². The highest BCUT2D eigenvalue weighted by molar-refractivity contribution is 6.30. The predicted molar refractivity (Wildman–Crippen MR) is 105 cm³/mol. The van der Waals surface area contributed by atoms with Crippen molar-refractivity contribution in [3.05, 3.63) is 82.9 Å². The fourth-order valence-corrected chi connectivity index (χ4v) is 3.71. The van der Waals surface area contributed by atoms with E-state index in [2.05, 4.69) is 15.0 Å². The van der Waals surface area contributed by atoms with Gasteiger partial charge >= 0.3 is 0 Å². The van der Waals surface area contributed by atoms with Gasteiger partial charge in [0, 0.05) is 35.8 Å². The van der Waals surface area contributed by atoms with E-state index in [0.29, 0.717) is 17.6 Å². The number of hydrogen-bond donors (Lipinski definition) is 1. The molecule has 0 saturated heterocycles. The number of aromatic nitrogens is 3. The molecule has 1 aromatic heterocycles. The number of benzene rings is 2. The molecule has 4 rings (SSSR count). The van der Waals surface area contributed by atoms with E-state index in [1.807, 2.05) is 24.3 Å². The van der Waals surface area contributed by atoms with E-state index in [4.69, 9.17) is 11.6 Å². The Kier molecular flexibility index (Phi) is 5.63. The van der Waals surface area contributed by atoms with Crippen molar-refractivity contribution in [2.75, 3.05) is 6.54 Å². The van der Waals surface area contributed by atoms with Crippen LogP contribution in [0, 0.1) is 11.6 Å². The van der Waals surface area contributed by atoms with Crippen molar-refractivity contribution in [2.45, 2.75) is 37.6 Å². The van der Waals surface area contributed by atoms with Crippen LogP contribution in [-0.4, -0.2) is 37.4 Å². The van der Waals surface area contributed by atoms with Gasteiger partial charge in [0.05, 0.1) is 6.54 Å². The third kappa shape index (κ3) is 4.80. The summed E-state index contributed by atoms with van der Waals surface area (Å²) in [5, 5.41) is 16.3. The smallest absolute Gasteiger partial charge is 0.137 e. The standard InChI is InChI=1S/C21H21ClF2N4O/c22-16-3-1-15(2-4-16)10-27(18-6-7-18)11-21(29,12-28-14-25-13-26-28)19-8-5-17(23)9-20(19)24/h1-5,8-9,13-14,18,29H,6-7,10-12H2. The molecule has 5 nitrogen and oxygen atoms in total. The molecule has 0 spiro atoms. The van der Waals surface area contributed by atoms with Gasteiger partial charge in [0.15, 0.2) is 0 Å². The molecule has 1 heterocycles. The third-order valence-electron chi connectivity index (χ3n) is 5.15. The van der Waals surface area contributed by atoms with Crippen molar-refractivity contribution in [3.63, 3.8) is 0 Å². The van der Waals surface area contributed by atoms with E-state index in [9.17, 15) is 13.9 Å². The Labute approximate surface area is 172 Å². The molecule has 0 amide bonds. The van der Waals surface area contributed by atoms with Crippen LogP contribution >= 0.6 is 11.6 Å². The van der Waals surface area contributed by atoms with Crippen molar-refractivity contribution in [2.24, 2.45) is 0 Å². The molecule has 0 bridgehead atoms. The Hall–Kier alpha value is -2.35. The number of halogens is 3. The molecular weight excluding hydrogens is 398 g/mol. The van der Waals surface area contributed by atoms with Crippen molar-refractivity contribution >= 4 is 11.6 Å². The molecule has 1 N–H and O–H groups in total. The molecule has 3 aromatic rings. The van der Waals surface area contributed by atoms with Gasteiger partial charge in [-0.2, -0.15) is 5.10 Å². The van der Waals surface area contributed by atoms with E-state index in [1.165, 1.54) is 23.4 Å². The van der Waals surface area contributed by atoms with E-state index < -0.39 is 17.2 Å². The first kappa shape index (κ1) is 19.9. The van der Waals surface area contributed by atoms with Gasteiger partial charge in [-0.1, -0.05) is 29.8 Å². The second kappa shape index (κ2) is 8.18. The Morgan fingerprint density at radius 2 is 1.93 bits per heavy atom. The van der Waals surface area contributed by atoms with E-state index in [0.717, 1.165) is 30.5 Å². The highest BCUT2D eigenvalue weighted by Gasteiger charge is 2.39. The van der Waals surface area contributed by atoms with Gasteiger partial charge < -0.3 is 5.11 Å². The summed E-state index contributed by atoms with van der Waals surface area (Å²) in [6.07, 6.45) is 4.85. The van der Waals surface area contributed by atoms with Crippen LogP contribution in [0.15, 0.2) is 55.1 Å². The van der Waals surface area contributed by atoms with Crippen molar-refractivity contribution < 1.29 is 13.9 Å². The van der Waals surface area contributed by atoms with Gasteiger partial charge in [0.2, 0.25) is 0 Å². The van der Waals surface area contributed by atoms with Crippen LogP contribution in [-0.2, 0) is 18.7 Å². The highest BCUT2D eigenvalue weighted by atomic mass is 35.5. The maximum absolute atomic E-state index is 14.6. The van der Waals surface area contributed by atoms with E-state index in [-0.39, 0.29) is 18.7 Å². The van der Waals surface area contributed by atoms with Gasteiger partial charge in [0.1, 0.15) is 29.9 Å². The monoisotopic (exact) mass is 418 g/mol. The minimum atomic E-state index is -1.61. The predicted octanol–water partition coefficient (Wildman–Crippen LogP) is 3.76. The molecule has 152 valence electrons. The normalized spacial score (nSPS) is 16.2. The van der Waals surface area contributed by atoms with Gasteiger partial charge in [-0.3, -0.25) is 4.90 Å². The lowest BCUT2D eigenvalue weighted by atomic mass is 9.92. The lowest BCUT2D eigenvalue weighted by Crippen LogP contribution is -2.45. The van der Waals surface area contributed by atoms with Crippen molar-refractivity contribution in [3.8, 4) is 0 Å². The average molecular weight is 419 g/mol.